The van der Waals surface area contributed by atoms with Crippen molar-refractivity contribution in [1.82, 2.24) is 10.6 Å². The smallest absolute Gasteiger partial charge is 0.416 e. The monoisotopic (exact) mass is 501 g/mol. The summed E-state index contributed by atoms with van der Waals surface area (Å²) in [6.45, 7) is 1.29. The summed E-state index contributed by atoms with van der Waals surface area (Å²) in [6.07, 6.45) is -0.691. The van der Waals surface area contributed by atoms with Crippen LogP contribution in [0.5, 0.6) is 0 Å². The van der Waals surface area contributed by atoms with Crippen molar-refractivity contribution in [2.45, 2.75) is 38.3 Å². The number of hydrogen-bond acceptors (Lipinski definition) is 3. The number of carbonyl (C=O) groups excluding carboxylic acids is 1. The Morgan fingerprint density at radius 2 is 1.70 bits per heavy atom. The van der Waals surface area contributed by atoms with Gasteiger partial charge in [-0.15, -0.1) is 24.0 Å². The molecule has 0 aliphatic carbocycles. The summed E-state index contributed by atoms with van der Waals surface area (Å²) in [4.78, 5) is 15.1. The van der Waals surface area contributed by atoms with Crippen molar-refractivity contribution in [3.8, 4) is 0 Å². The molecule has 5 nitrogen and oxygen atoms in total. The van der Waals surface area contributed by atoms with Gasteiger partial charge in [0.2, 0.25) is 0 Å². The number of alkyl halides is 3. The van der Waals surface area contributed by atoms with E-state index in [0.29, 0.717) is 25.3 Å². The third-order valence-electron chi connectivity index (χ3n) is 3.79. The molecule has 0 amide bonds. The van der Waals surface area contributed by atoms with Gasteiger partial charge in [-0.25, -0.2) is 0 Å². The van der Waals surface area contributed by atoms with Crippen molar-refractivity contribution in [3.05, 3.63) is 35.4 Å². The van der Waals surface area contributed by atoms with Crippen LogP contribution in [-0.2, 0) is 22.1 Å². The first kappa shape index (κ1) is 25.5. The molecule has 1 aromatic carbocycles. The van der Waals surface area contributed by atoms with Crippen LogP contribution in [0.15, 0.2) is 29.3 Å². The van der Waals surface area contributed by atoms with Crippen molar-refractivity contribution >= 4 is 35.9 Å². The van der Waals surface area contributed by atoms with Gasteiger partial charge in [0.1, 0.15) is 0 Å². The van der Waals surface area contributed by atoms with Gasteiger partial charge in [0.25, 0.3) is 0 Å². The van der Waals surface area contributed by atoms with Gasteiger partial charge in [0, 0.05) is 26.6 Å². The van der Waals surface area contributed by atoms with Crippen molar-refractivity contribution < 1.29 is 22.7 Å². The van der Waals surface area contributed by atoms with E-state index in [9.17, 15) is 18.0 Å². The number of esters is 1. The van der Waals surface area contributed by atoms with Crippen LogP contribution in [0.4, 0.5) is 13.2 Å². The fraction of sp³-hybridized carbons (Fsp3) is 0.556. The van der Waals surface area contributed by atoms with Gasteiger partial charge in [-0.05, 0) is 37.0 Å². The molecule has 0 bridgehead atoms. The maximum absolute atomic E-state index is 12.5. The number of carbonyl (C=O) groups is 1. The minimum absolute atomic E-state index is 0. The van der Waals surface area contributed by atoms with Crippen LogP contribution >= 0.6 is 24.0 Å². The molecule has 1 rings (SSSR count). The quantitative estimate of drug-likeness (QED) is 0.178. The molecule has 0 aliphatic heterocycles. The molecular formula is C18H27F3IN3O2. The van der Waals surface area contributed by atoms with E-state index in [1.54, 1.807) is 7.05 Å². The normalized spacial score (nSPS) is 11.5. The summed E-state index contributed by atoms with van der Waals surface area (Å²) in [5.41, 5.74) is 0.183. The van der Waals surface area contributed by atoms with Crippen molar-refractivity contribution in [1.29, 1.82) is 0 Å². The Bertz CT molecular complexity index is 578. The van der Waals surface area contributed by atoms with E-state index in [4.69, 9.17) is 0 Å². The van der Waals surface area contributed by atoms with Crippen molar-refractivity contribution in [3.63, 3.8) is 0 Å². The first-order valence-corrected chi connectivity index (χ1v) is 8.54. The number of nitrogens with one attached hydrogen (secondary N) is 2. The third kappa shape index (κ3) is 11.0. The second-order valence-corrected chi connectivity index (χ2v) is 5.76. The van der Waals surface area contributed by atoms with E-state index in [1.807, 2.05) is 0 Å². The predicted octanol–water partition coefficient (Wildman–Crippen LogP) is 3.76. The molecule has 0 saturated heterocycles. The predicted molar refractivity (Wildman–Crippen MR) is 110 cm³/mol. The fourth-order valence-electron chi connectivity index (χ4n) is 2.29. The van der Waals surface area contributed by atoms with Crippen LogP contribution in [0.25, 0.3) is 0 Å². The maximum atomic E-state index is 12.5. The Hall–Kier alpha value is -1.52. The molecule has 154 valence electrons. The summed E-state index contributed by atoms with van der Waals surface area (Å²) < 4.78 is 42.1. The molecule has 0 saturated carbocycles. The van der Waals surface area contributed by atoms with Crippen LogP contribution in [0.3, 0.4) is 0 Å². The Kier molecular flexibility index (Phi) is 12.9. The number of halogens is 4. The lowest BCUT2D eigenvalue weighted by Gasteiger charge is -2.12. The van der Waals surface area contributed by atoms with Gasteiger partial charge < -0.3 is 15.4 Å². The third-order valence-corrected chi connectivity index (χ3v) is 3.79. The largest absolute Gasteiger partial charge is 0.469 e. The zero-order valence-corrected chi connectivity index (χ0v) is 17.9. The van der Waals surface area contributed by atoms with E-state index in [1.165, 1.54) is 19.2 Å². The molecule has 0 unspecified atom stereocenters. The summed E-state index contributed by atoms with van der Waals surface area (Å²) in [5, 5.41) is 6.28. The number of benzene rings is 1. The molecule has 0 heterocycles. The van der Waals surface area contributed by atoms with Crippen LogP contribution in [0.2, 0.25) is 0 Å². The highest BCUT2D eigenvalue weighted by atomic mass is 127. The number of guanidine groups is 1. The van der Waals surface area contributed by atoms with Crippen LogP contribution in [-0.4, -0.2) is 39.2 Å². The van der Waals surface area contributed by atoms with Gasteiger partial charge in [0.15, 0.2) is 5.96 Å². The van der Waals surface area contributed by atoms with Crippen molar-refractivity contribution in [2.75, 3.05) is 27.2 Å². The highest BCUT2D eigenvalue weighted by molar-refractivity contribution is 14.0. The molecule has 0 fully saturated rings. The topological polar surface area (TPSA) is 62.7 Å². The summed E-state index contributed by atoms with van der Waals surface area (Å²) >= 11 is 0. The van der Waals surface area contributed by atoms with Gasteiger partial charge in [-0.1, -0.05) is 18.6 Å². The summed E-state index contributed by atoms with van der Waals surface area (Å²) in [7, 11) is 3.04. The Labute approximate surface area is 175 Å². The zero-order chi connectivity index (χ0) is 19.4. The second kappa shape index (κ2) is 13.6. The average molecular weight is 501 g/mol. The Morgan fingerprint density at radius 3 is 2.26 bits per heavy atom. The lowest BCUT2D eigenvalue weighted by Crippen LogP contribution is -2.38. The Morgan fingerprint density at radius 1 is 1.07 bits per heavy atom. The van der Waals surface area contributed by atoms with Gasteiger partial charge in [0.05, 0.1) is 12.7 Å². The summed E-state index contributed by atoms with van der Waals surface area (Å²) in [6, 6.07) is 5.16. The SMILES string of the molecule is CN=C(NCCCCCC(=O)OC)NCCc1ccc(C(F)(F)F)cc1.I. The number of nitrogens with zero attached hydrogens (tertiary/aromatic N) is 1. The fourth-order valence-corrected chi connectivity index (χ4v) is 2.29. The standard InChI is InChI=1S/C18H26F3N3O2.HI/c1-22-17(23-12-5-3-4-6-16(25)26-2)24-13-11-14-7-9-15(10-8-14)18(19,20)21;/h7-10H,3-6,11-13H2,1-2H3,(H2,22,23,24);1H. The second-order valence-electron chi connectivity index (χ2n) is 5.76. The molecule has 27 heavy (non-hydrogen) atoms. The molecule has 1 aromatic rings. The van der Waals surface area contributed by atoms with Gasteiger partial charge >= 0.3 is 12.1 Å². The number of aliphatic imine (C=N–C) groups is 1. The number of ether oxygens (including phenoxy) is 1. The summed E-state index contributed by atoms with van der Waals surface area (Å²) in [5.74, 6) is 0.448. The van der Waals surface area contributed by atoms with Crippen molar-refractivity contribution in [2.24, 2.45) is 4.99 Å². The molecule has 9 heteroatoms. The molecule has 0 atom stereocenters. The van der Waals surface area contributed by atoms with E-state index in [2.05, 4.69) is 20.4 Å². The average Bonchev–Trinajstić information content (AvgIpc) is 2.62. The van der Waals surface area contributed by atoms with Gasteiger partial charge in [-0.2, -0.15) is 13.2 Å². The number of methoxy groups -OCH3 is 1. The number of unbranched alkanes of at least 4 members (excludes halogenated alkanes) is 2. The van der Waals surface area contributed by atoms with Crippen LogP contribution in [0, 0.1) is 0 Å². The number of hydrogen-bond donors (Lipinski definition) is 2. The minimum Gasteiger partial charge on any atom is -0.469 e. The zero-order valence-electron chi connectivity index (χ0n) is 15.6. The lowest BCUT2D eigenvalue weighted by molar-refractivity contribution is -0.140. The first-order valence-electron chi connectivity index (χ1n) is 8.54. The van der Waals surface area contributed by atoms with Gasteiger partial charge in [-0.3, -0.25) is 9.79 Å². The van der Waals surface area contributed by atoms with Crippen LogP contribution in [0.1, 0.15) is 36.8 Å². The lowest BCUT2D eigenvalue weighted by atomic mass is 10.1. The maximum Gasteiger partial charge on any atom is 0.416 e. The minimum atomic E-state index is -4.31. The van der Waals surface area contributed by atoms with E-state index in [-0.39, 0.29) is 29.9 Å². The van der Waals surface area contributed by atoms with Crippen LogP contribution < -0.4 is 10.6 Å². The number of rotatable bonds is 9. The molecule has 0 aliphatic rings. The highest BCUT2D eigenvalue weighted by Gasteiger charge is 2.29. The van der Waals surface area contributed by atoms with E-state index >= 15 is 0 Å². The molecule has 0 radical (unpaired) electrons. The van der Waals surface area contributed by atoms with E-state index in [0.717, 1.165) is 43.5 Å². The molecular weight excluding hydrogens is 474 g/mol. The first-order chi connectivity index (χ1) is 12.4. The van der Waals surface area contributed by atoms with E-state index < -0.39 is 11.7 Å². The Balaban J connectivity index is 0.00000676. The molecule has 2 N–H and O–H groups in total. The molecule has 0 aromatic heterocycles. The molecule has 0 spiro atoms. The highest BCUT2D eigenvalue weighted by Crippen LogP contribution is 2.29.